The summed E-state index contributed by atoms with van der Waals surface area (Å²) in [5, 5.41) is 10.5. The Balaban J connectivity index is 2.43. The van der Waals surface area contributed by atoms with Gasteiger partial charge in [-0.2, -0.15) is 13.2 Å². The molecule has 0 aliphatic rings. The minimum absolute atomic E-state index is 0.0178. The fourth-order valence-electron chi connectivity index (χ4n) is 1.57. The van der Waals surface area contributed by atoms with Crippen molar-refractivity contribution in [2.45, 2.75) is 6.18 Å². The van der Waals surface area contributed by atoms with Crippen LogP contribution in [0.5, 0.6) is 11.5 Å². The van der Waals surface area contributed by atoms with E-state index in [0.29, 0.717) is 6.07 Å². The van der Waals surface area contributed by atoms with Gasteiger partial charge >= 0.3 is 6.18 Å². The minimum Gasteiger partial charge on any atom is -0.457 e. The second-order valence-electron chi connectivity index (χ2n) is 3.99. The second-order valence-corrected chi connectivity index (χ2v) is 3.99. The maximum absolute atomic E-state index is 12.9. The highest BCUT2D eigenvalue weighted by Gasteiger charge is 2.36. The first-order valence-corrected chi connectivity index (χ1v) is 5.56. The third-order valence-electron chi connectivity index (χ3n) is 2.52. The molecule has 0 aromatic heterocycles. The van der Waals surface area contributed by atoms with E-state index >= 15 is 0 Å². The number of ether oxygens (including phenoxy) is 1. The summed E-state index contributed by atoms with van der Waals surface area (Å²) in [4.78, 5) is 9.61. The van der Waals surface area contributed by atoms with Gasteiger partial charge in [-0.3, -0.25) is 10.1 Å². The van der Waals surface area contributed by atoms with Gasteiger partial charge in [-0.15, -0.1) is 0 Å². The van der Waals surface area contributed by atoms with Crippen molar-refractivity contribution in [2.75, 3.05) is 0 Å². The van der Waals surface area contributed by atoms with E-state index in [2.05, 4.69) is 0 Å². The third kappa shape index (κ3) is 3.47. The molecule has 0 aliphatic carbocycles. The molecule has 0 radical (unpaired) electrons. The molecular formula is C13H7F4NO3. The highest BCUT2D eigenvalue weighted by molar-refractivity contribution is 5.47. The molecule has 0 saturated heterocycles. The molecule has 8 heteroatoms. The zero-order valence-electron chi connectivity index (χ0n) is 10.2. The molecule has 0 heterocycles. The van der Waals surface area contributed by atoms with Crippen molar-refractivity contribution in [3.63, 3.8) is 0 Å². The van der Waals surface area contributed by atoms with Crippen molar-refractivity contribution >= 4 is 5.69 Å². The van der Waals surface area contributed by atoms with Gasteiger partial charge in [0.25, 0.3) is 5.69 Å². The first-order valence-electron chi connectivity index (χ1n) is 5.56. The van der Waals surface area contributed by atoms with E-state index in [1.165, 1.54) is 0 Å². The summed E-state index contributed by atoms with van der Waals surface area (Å²) in [6.45, 7) is 0. The topological polar surface area (TPSA) is 52.4 Å². The normalized spacial score (nSPS) is 11.2. The SMILES string of the molecule is O=[N+]([O-])c1ccc(Oc2ccc(F)cc2)c(C(F)(F)F)c1. The number of halogens is 4. The summed E-state index contributed by atoms with van der Waals surface area (Å²) in [6, 6.07) is 6.48. The van der Waals surface area contributed by atoms with Gasteiger partial charge in [0.15, 0.2) is 0 Å². The molecule has 2 aromatic carbocycles. The number of rotatable bonds is 3. The minimum atomic E-state index is -4.82. The highest BCUT2D eigenvalue weighted by Crippen LogP contribution is 2.40. The standard InChI is InChI=1S/C13H7F4NO3/c14-8-1-4-10(5-2-8)21-12-6-3-9(18(19)20)7-11(12)13(15,16)17/h1-7H. The van der Waals surface area contributed by atoms with Crippen LogP contribution in [0.3, 0.4) is 0 Å². The van der Waals surface area contributed by atoms with Crippen molar-refractivity contribution in [3.05, 3.63) is 64.0 Å². The molecule has 0 saturated carbocycles. The van der Waals surface area contributed by atoms with Crippen molar-refractivity contribution in [3.8, 4) is 11.5 Å². The first-order chi connectivity index (χ1) is 9.77. The molecule has 0 unspecified atom stereocenters. The molecule has 0 spiro atoms. The Labute approximate surface area is 115 Å². The van der Waals surface area contributed by atoms with Crippen LogP contribution in [0.2, 0.25) is 0 Å². The first kappa shape index (κ1) is 14.8. The Morgan fingerprint density at radius 2 is 1.67 bits per heavy atom. The Morgan fingerprint density at radius 3 is 2.19 bits per heavy atom. The smallest absolute Gasteiger partial charge is 0.420 e. The lowest BCUT2D eigenvalue weighted by Crippen LogP contribution is -2.08. The molecule has 0 bridgehead atoms. The summed E-state index contributed by atoms with van der Waals surface area (Å²) >= 11 is 0. The molecule has 0 atom stereocenters. The van der Waals surface area contributed by atoms with Crippen molar-refractivity contribution in [1.29, 1.82) is 0 Å². The Morgan fingerprint density at radius 1 is 1.05 bits per heavy atom. The van der Waals surface area contributed by atoms with Gasteiger partial charge in [-0.25, -0.2) is 4.39 Å². The van der Waals surface area contributed by atoms with Crippen molar-refractivity contribution in [2.24, 2.45) is 0 Å². The zero-order chi connectivity index (χ0) is 15.6. The summed E-state index contributed by atoms with van der Waals surface area (Å²) in [7, 11) is 0. The number of alkyl halides is 3. The lowest BCUT2D eigenvalue weighted by Gasteiger charge is -2.13. The van der Waals surface area contributed by atoms with Crippen LogP contribution in [0.25, 0.3) is 0 Å². The van der Waals surface area contributed by atoms with Crippen LogP contribution in [0, 0.1) is 15.9 Å². The fraction of sp³-hybridized carbons (Fsp3) is 0.0769. The van der Waals surface area contributed by atoms with E-state index in [4.69, 9.17) is 4.74 Å². The predicted molar refractivity (Wildman–Crippen MR) is 64.6 cm³/mol. The largest absolute Gasteiger partial charge is 0.457 e. The molecule has 0 aliphatic heterocycles. The average molecular weight is 301 g/mol. The number of benzene rings is 2. The summed E-state index contributed by atoms with van der Waals surface area (Å²) < 4.78 is 56.4. The van der Waals surface area contributed by atoms with E-state index in [9.17, 15) is 27.7 Å². The van der Waals surface area contributed by atoms with Gasteiger partial charge in [0.1, 0.15) is 22.9 Å². The van der Waals surface area contributed by atoms with Gasteiger partial charge in [-0.05, 0) is 30.3 Å². The van der Waals surface area contributed by atoms with Gasteiger partial charge in [0, 0.05) is 12.1 Å². The van der Waals surface area contributed by atoms with Gasteiger partial charge in [-0.1, -0.05) is 0 Å². The maximum atomic E-state index is 12.9. The Bertz CT molecular complexity index is 668. The lowest BCUT2D eigenvalue weighted by atomic mass is 10.1. The highest BCUT2D eigenvalue weighted by atomic mass is 19.4. The Kier molecular flexibility index (Phi) is 3.79. The molecular weight excluding hydrogens is 294 g/mol. The molecule has 21 heavy (non-hydrogen) atoms. The third-order valence-corrected chi connectivity index (χ3v) is 2.52. The van der Waals surface area contributed by atoms with Crippen LogP contribution in [-0.4, -0.2) is 4.92 Å². The van der Waals surface area contributed by atoms with Crippen molar-refractivity contribution in [1.82, 2.24) is 0 Å². The van der Waals surface area contributed by atoms with E-state index in [-0.39, 0.29) is 5.75 Å². The summed E-state index contributed by atoms with van der Waals surface area (Å²) in [5.41, 5.74) is -1.98. The molecule has 2 rings (SSSR count). The average Bonchev–Trinajstić information content (AvgIpc) is 2.40. The van der Waals surface area contributed by atoms with Gasteiger partial charge in [0.05, 0.1) is 4.92 Å². The number of nitro groups is 1. The Hall–Kier alpha value is -2.64. The molecule has 0 fully saturated rings. The summed E-state index contributed by atoms with van der Waals surface area (Å²) in [6.07, 6.45) is -4.82. The van der Waals surface area contributed by atoms with E-state index in [1.54, 1.807) is 0 Å². The molecule has 110 valence electrons. The van der Waals surface area contributed by atoms with E-state index in [0.717, 1.165) is 36.4 Å². The second kappa shape index (κ2) is 5.39. The van der Waals surface area contributed by atoms with E-state index < -0.39 is 33.9 Å². The van der Waals surface area contributed by atoms with Crippen LogP contribution in [-0.2, 0) is 6.18 Å². The molecule has 2 aromatic rings. The molecule has 0 amide bonds. The zero-order valence-corrected chi connectivity index (χ0v) is 10.2. The van der Waals surface area contributed by atoms with Gasteiger partial charge < -0.3 is 4.74 Å². The van der Waals surface area contributed by atoms with Crippen LogP contribution in [0.1, 0.15) is 5.56 Å². The fourth-order valence-corrected chi connectivity index (χ4v) is 1.57. The van der Waals surface area contributed by atoms with E-state index in [1.807, 2.05) is 0 Å². The van der Waals surface area contributed by atoms with Crippen molar-refractivity contribution < 1.29 is 27.2 Å². The van der Waals surface area contributed by atoms with Crippen LogP contribution in [0.4, 0.5) is 23.2 Å². The number of nitrogens with zero attached hydrogens (tertiary/aromatic N) is 1. The monoisotopic (exact) mass is 301 g/mol. The number of nitro benzene ring substituents is 1. The maximum Gasteiger partial charge on any atom is 0.420 e. The lowest BCUT2D eigenvalue weighted by molar-refractivity contribution is -0.385. The quantitative estimate of drug-likeness (QED) is 0.475. The van der Waals surface area contributed by atoms with Crippen LogP contribution >= 0.6 is 0 Å². The van der Waals surface area contributed by atoms with Crippen LogP contribution < -0.4 is 4.74 Å². The molecule has 4 nitrogen and oxygen atoms in total. The number of non-ortho nitro benzene ring substituents is 1. The molecule has 0 N–H and O–H groups in total. The number of hydrogen-bond donors (Lipinski definition) is 0. The van der Waals surface area contributed by atoms with Gasteiger partial charge in [0.2, 0.25) is 0 Å². The number of hydrogen-bond acceptors (Lipinski definition) is 3. The van der Waals surface area contributed by atoms with Crippen LogP contribution in [0.15, 0.2) is 42.5 Å². The predicted octanol–water partition coefficient (Wildman–Crippen LogP) is 4.55. The summed E-state index contributed by atoms with van der Waals surface area (Å²) in [5.74, 6) is -1.18.